The van der Waals surface area contributed by atoms with Gasteiger partial charge in [-0.25, -0.2) is 4.79 Å². The maximum absolute atomic E-state index is 11.4. The van der Waals surface area contributed by atoms with E-state index < -0.39 is 6.09 Å². The Morgan fingerprint density at radius 3 is 2.47 bits per heavy atom. The summed E-state index contributed by atoms with van der Waals surface area (Å²) in [4.78, 5) is 22.7. The molecule has 96 valence electrons. The maximum atomic E-state index is 11.4. The molecule has 0 aromatic carbocycles. The van der Waals surface area contributed by atoms with Crippen LogP contribution in [0.2, 0.25) is 0 Å². The van der Waals surface area contributed by atoms with Crippen LogP contribution in [0.5, 0.6) is 0 Å². The lowest BCUT2D eigenvalue weighted by molar-refractivity contribution is -0.121. The molecule has 2 rings (SSSR count). The molecule has 0 spiro atoms. The van der Waals surface area contributed by atoms with Crippen LogP contribution in [0.3, 0.4) is 0 Å². The van der Waals surface area contributed by atoms with Crippen LogP contribution in [0.1, 0.15) is 44.9 Å². The third kappa shape index (κ3) is 4.63. The van der Waals surface area contributed by atoms with E-state index in [1.165, 1.54) is 0 Å². The van der Waals surface area contributed by atoms with Crippen molar-refractivity contribution in [2.45, 2.75) is 57.1 Å². The molecule has 5 nitrogen and oxygen atoms in total. The van der Waals surface area contributed by atoms with Crippen molar-refractivity contribution < 1.29 is 14.3 Å². The third-order valence-electron chi connectivity index (χ3n) is 3.14. The van der Waals surface area contributed by atoms with E-state index in [1.54, 1.807) is 0 Å². The van der Waals surface area contributed by atoms with Gasteiger partial charge in [-0.05, 0) is 38.5 Å². The average molecular weight is 240 g/mol. The second-order valence-electron chi connectivity index (χ2n) is 4.83. The Morgan fingerprint density at radius 2 is 1.82 bits per heavy atom. The number of nitrogens with one attached hydrogen (secondary N) is 2. The Hall–Kier alpha value is -1.26. The highest BCUT2D eigenvalue weighted by molar-refractivity contribution is 5.77. The monoisotopic (exact) mass is 240 g/mol. The van der Waals surface area contributed by atoms with Crippen LogP contribution < -0.4 is 10.6 Å². The second-order valence-corrected chi connectivity index (χ2v) is 4.83. The molecule has 2 fully saturated rings. The predicted octanol–water partition coefficient (Wildman–Crippen LogP) is 1.32. The first kappa shape index (κ1) is 12.2. The van der Waals surface area contributed by atoms with Crippen molar-refractivity contribution in [3.05, 3.63) is 0 Å². The van der Waals surface area contributed by atoms with Gasteiger partial charge in [0.05, 0.1) is 0 Å². The van der Waals surface area contributed by atoms with Gasteiger partial charge in [-0.15, -0.1) is 0 Å². The summed E-state index contributed by atoms with van der Waals surface area (Å²) < 4.78 is 5.20. The number of carbonyl (C=O) groups excluding carboxylic acids is 2. The minimum atomic E-state index is -0.392. The van der Waals surface area contributed by atoms with Gasteiger partial charge in [-0.2, -0.15) is 0 Å². The molecule has 0 aliphatic heterocycles. The Labute approximate surface area is 101 Å². The molecule has 2 aliphatic carbocycles. The van der Waals surface area contributed by atoms with Gasteiger partial charge in [-0.1, -0.05) is 0 Å². The fraction of sp³-hybridized carbons (Fsp3) is 0.833. The number of rotatable bonds is 5. The molecule has 0 saturated heterocycles. The van der Waals surface area contributed by atoms with Crippen LogP contribution >= 0.6 is 0 Å². The molecule has 2 aliphatic rings. The van der Waals surface area contributed by atoms with Crippen LogP contribution in [0.4, 0.5) is 4.79 Å². The molecule has 2 saturated carbocycles. The van der Waals surface area contributed by atoms with Crippen molar-refractivity contribution in [1.29, 1.82) is 0 Å². The first-order valence-corrected chi connectivity index (χ1v) is 6.48. The van der Waals surface area contributed by atoms with Gasteiger partial charge in [0.15, 0.2) is 0 Å². The average Bonchev–Trinajstić information content (AvgIpc) is 2.93. The lowest BCUT2D eigenvalue weighted by Crippen LogP contribution is -2.33. The van der Waals surface area contributed by atoms with Crippen molar-refractivity contribution in [2.24, 2.45) is 0 Å². The summed E-state index contributed by atoms with van der Waals surface area (Å²) >= 11 is 0. The second kappa shape index (κ2) is 5.89. The molecule has 0 bridgehead atoms. The highest BCUT2D eigenvalue weighted by Crippen LogP contribution is 2.20. The maximum Gasteiger partial charge on any atom is 0.407 e. The molecule has 0 radical (unpaired) electrons. The number of amides is 2. The van der Waals surface area contributed by atoms with Crippen LogP contribution in [0.25, 0.3) is 0 Å². The number of hydrogen-bond acceptors (Lipinski definition) is 3. The number of ether oxygens (including phenoxy) is 1. The molecule has 0 unspecified atom stereocenters. The van der Waals surface area contributed by atoms with Crippen molar-refractivity contribution in [3.63, 3.8) is 0 Å². The molecular weight excluding hydrogens is 220 g/mol. The van der Waals surface area contributed by atoms with Crippen LogP contribution in [-0.4, -0.2) is 30.7 Å². The summed E-state index contributed by atoms with van der Waals surface area (Å²) in [5.74, 6) is 0.00802. The van der Waals surface area contributed by atoms with Gasteiger partial charge in [0.2, 0.25) is 5.91 Å². The van der Waals surface area contributed by atoms with E-state index in [-0.39, 0.29) is 12.0 Å². The Balaban J connectivity index is 1.51. The topological polar surface area (TPSA) is 67.4 Å². The molecule has 17 heavy (non-hydrogen) atoms. The van der Waals surface area contributed by atoms with Gasteiger partial charge < -0.3 is 15.4 Å². The first-order chi connectivity index (χ1) is 8.24. The normalized spacial score (nSPS) is 20.0. The summed E-state index contributed by atoms with van der Waals surface area (Å²) in [6.45, 7) is 0.351. The van der Waals surface area contributed by atoms with Gasteiger partial charge >= 0.3 is 6.09 Å². The molecule has 0 atom stereocenters. The van der Waals surface area contributed by atoms with Crippen LogP contribution in [0.15, 0.2) is 0 Å². The van der Waals surface area contributed by atoms with E-state index in [0.29, 0.717) is 19.0 Å². The number of alkyl carbamates (subject to hydrolysis) is 1. The smallest absolute Gasteiger partial charge is 0.407 e. The summed E-state index contributed by atoms with van der Waals surface area (Å²) in [5, 5.41) is 5.48. The van der Waals surface area contributed by atoms with Gasteiger partial charge in [0.25, 0.3) is 0 Å². The van der Waals surface area contributed by atoms with E-state index in [1.807, 2.05) is 0 Å². The van der Waals surface area contributed by atoms with E-state index in [4.69, 9.17) is 4.74 Å². The third-order valence-corrected chi connectivity index (χ3v) is 3.14. The Kier molecular flexibility index (Phi) is 4.23. The molecular formula is C12H20N2O3. The van der Waals surface area contributed by atoms with Crippen LogP contribution in [0, 0.1) is 0 Å². The lowest BCUT2D eigenvalue weighted by Gasteiger charge is -2.12. The fourth-order valence-electron chi connectivity index (χ4n) is 2.00. The molecule has 2 N–H and O–H groups in total. The standard InChI is InChI=1S/C12H20N2O3/c15-11(14-9-5-6-9)7-8-13-12(16)17-10-3-1-2-4-10/h9-10H,1-8H2,(H,13,16)(H,14,15). The fourth-order valence-corrected chi connectivity index (χ4v) is 2.00. The zero-order valence-corrected chi connectivity index (χ0v) is 10.0. The highest BCUT2D eigenvalue weighted by atomic mass is 16.6. The van der Waals surface area contributed by atoms with Crippen molar-refractivity contribution in [1.82, 2.24) is 10.6 Å². The minimum Gasteiger partial charge on any atom is -0.446 e. The summed E-state index contributed by atoms with van der Waals surface area (Å²) in [5.41, 5.74) is 0. The summed E-state index contributed by atoms with van der Waals surface area (Å²) in [6, 6.07) is 0.382. The summed E-state index contributed by atoms with van der Waals surface area (Å²) in [7, 11) is 0. The van der Waals surface area contributed by atoms with Crippen molar-refractivity contribution >= 4 is 12.0 Å². The van der Waals surface area contributed by atoms with Crippen molar-refractivity contribution in [3.8, 4) is 0 Å². The largest absolute Gasteiger partial charge is 0.446 e. The predicted molar refractivity (Wildman–Crippen MR) is 62.5 cm³/mol. The van der Waals surface area contributed by atoms with Gasteiger partial charge in [0.1, 0.15) is 6.10 Å². The van der Waals surface area contributed by atoms with E-state index >= 15 is 0 Å². The zero-order chi connectivity index (χ0) is 12.1. The van der Waals surface area contributed by atoms with E-state index in [9.17, 15) is 9.59 Å². The summed E-state index contributed by atoms with van der Waals surface area (Å²) in [6.07, 6.45) is 6.41. The molecule has 0 aromatic heterocycles. The molecule has 0 heterocycles. The van der Waals surface area contributed by atoms with E-state index in [0.717, 1.165) is 38.5 Å². The van der Waals surface area contributed by atoms with Crippen molar-refractivity contribution in [2.75, 3.05) is 6.54 Å². The van der Waals surface area contributed by atoms with Crippen LogP contribution in [-0.2, 0) is 9.53 Å². The SMILES string of the molecule is O=C(CCNC(=O)OC1CCCC1)NC1CC1. The minimum absolute atomic E-state index is 0.00802. The quantitative estimate of drug-likeness (QED) is 0.761. The van der Waals surface area contributed by atoms with Gasteiger partial charge in [0, 0.05) is 19.0 Å². The Morgan fingerprint density at radius 1 is 1.12 bits per heavy atom. The van der Waals surface area contributed by atoms with Gasteiger partial charge in [-0.3, -0.25) is 4.79 Å². The zero-order valence-electron chi connectivity index (χ0n) is 10.0. The molecule has 2 amide bonds. The Bertz CT molecular complexity index is 283. The number of hydrogen-bond donors (Lipinski definition) is 2. The highest BCUT2D eigenvalue weighted by Gasteiger charge is 2.23. The molecule has 0 aromatic rings. The lowest BCUT2D eigenvalue weighted by atomic mass is 10.3. The number of carbonyl (C=O) groups is 2. The van der Waals surface area contributed by atoms with E-state index in [2.05, 4.69) is 10.6 Å². The molecule has 5 heteroatoms. The first-order valence-electron chi connectivity index (χ1n) is 6.48.